The summed E-state index contributed by atoms with van der Waals surface area (Å²) >= 11 is 6.25. The van der Waals surface area contributed by atoms with E-state index in [9.17, 15) is 4.79 Å². The Balaban J connectivity index is 1.54. The number of carbonyl (C=O) groups is 1. The molecule has 1 aliphatic rings. The van der Waals surface area contributed by atoms with Crippen LogP contribution in [0.2, 0.25) is 0 Å². The third-order valence-electron chi connectivity index (χ3n) is 3.41. The molecule has 0 atom stereocenters. The highest BCUT2D eigenvalue weighted by Crippen LogP contribution is 2.26. The lowest BCUT2D eigenvalue weighted by molar-refractivity contribution is -0.115. The van der Waals surface area contributed by atoms with Crippen molar-refractivity contribution < 1.29 is 14.3 Å². The van der Waals surface area contributed by atoms with Crippen molar-refractivity contribution in [2.75, 3.05) is 13.2 Å². The summed E-state index contributed by atoms with van der Waals surface area (Å²) in [6.45, 7) is 2.92. The molecule has 0 aromatic heterocycles. The number of aryl methyl sites for hydroxylation is 1. The Labute approximate surface area is 156 Å². The van der Waals surface area contributed by atoms with Gasteiger partial charge in [-0.05, 0) is 48.4 Å². The van der Waals surface area contributed by atoms with Gasteiger partial charge in [0.2, 0.25) is 0 Å². The van der Waals surface area contributed by atoms with Gasteiger partial charge >= 0.3 is 0 Å². The highest BCUT2D eigenvalue weighted by atomic mass is 32.2. The molecule has 1 saturated heterocycles. The molecule has 6 heteroatoms. The van der Waals surface area contributed by atoms with Crippen LogP contribution in [0.5, 0.6) is 11.5 Å². The van der Waals surface area contributed by atoms with Gasteiger partial charge in [-0.3, -0.25) is 4.79 Å². The number of ether oxygens (including phenoxy) is 2. The Kier molecular flexibility index (Phi) is 5.73. The van der Waals surface area contributed by atoms with Crippen LogP contribution < -0.4 is 14.8 Å². The van der Waals surface area contributed by atoms with Crippen LogP contribution in [0.3, 0.4) is 0 Å². The maximum absolute atomic E-state index is 11.7. The van der Waals surface area contributed by atoms with E-state index in [0.29, 0.717) is 22.4 Å². The molecule has 0 radical (unpaired) electrons. The van der Waals surface area contributed by atoms with Crippen LogP contribution in [0.1, 0.15) is 11.1 Å². The van der Waals surface area contributed by atoms with Gasteiger partial charge in [-0.2, -0.15) is 0 Å². The third-order valence-corrected chi connectivity index (χ3v) is 4.57. The fourth-order valence-electron chi connectivity index (χ4n) is 2.29. The van der Waals surface area contributed by atoms with Gasteiger partial charge in [0.05, 0.1) is 4.91 Å². The molecule has 25 heavy (non-hydrogen) atoms. The molecule has 0 bridgehead atoms. The summed E-state index contributed by atoms with van der Waals surface area (Å²) < 4.78 is 11.9. The zero-order valence-corrected chi connectivity index (χ0v) is 15.3. The second-order valence-corrected chi connectivity index (χ2v) is 7.16. The summed E-state index contributed by atoms with van der Waals surface area (Å²) in [6.07, 6.45) is 1.80. The molecule has 1 N–H and O–H groups in total. The van der Waals surface area contributed by atoms with Crippen molar-refractivity contribution in [1.29, 1.82) is 0 Å². The number of thioether (sulfide) groups is 1. The first-order valence-electron chi connectivity index (χ1n) is 7.77. The van der Waals surface area contributed by atoms with E-state index in [1.165, 1.54) is 11.8 Å². The summed E-state index contributed by atoms with van der Waals surface area (Å²) in [6, 6.07) is 15.5. The van der Waals surface area contributed by atoms with E-state index in [-0.39, 0.29) is 5.91 Å². The second kappa shape index (κ2) is 8.18. The minimum absolute atomic E-state index is 0.159. The summed E-state index contributed by atoms with van der Waals surface area (Å²) in [4.78, 5) is 12.3. The predicted octanol–water partition coefficient (Wildman–Crippen LogP) is 3.94. The zero-order chi connectivity index (χ0) is 17.6. The standard InChI is InChI=1S/C19H17NO3S2/c1-13-4-2-6-15(10-13)22-8-9-23-16-7-3-5-14(11-16)12-17-18(21)20-19(24)25-17/h2-7,10-12H,8-9H2,1H3,(H,20,21,24)/b17-12+. The van der Waals surface area contributed by atoms with Crippen molar-refractivity contribution in [3.63, 3.8) is 0 Å². The van der Waals surface area contributed by atoms with Gasteiger partial charge in [0.15, 0.2) is 0 Å². The molecular weight excluding hydrogens is 354 g/mol. The van der Waals surface area contributed by atoms with Gasteiger partial charge in [-0.25, -0.2) is 0 Å². The van der Waals surface area contributed by atoms with Gasteiger partial charge < -0.3 is 14.8 Å². The zero-order valence-electron chi connectivity index (χ0n) is 13.7. The fourth-order valence-corrected chi connectivity index (χ4v) is 3.33. The normalized spacial score (nSPS) is 15.3. The molecule has 4 nitrogen and oxygen atoms in total. The van der Waals surface area contributed by atoms with Crippen LogP contribution in [0.15, 0.2) is 53.4 Å². The smallest absolute Gasteiger partial charge is 0.263 e. The molecule has 0 unspecified atom stereocenters. The van der Waals surface area contributed by atoms with Gasteiger partial charge in [0.25, 0.3) is 5.91 Å². The summed E-state index contributed by atoms with van der Waals surface area (Å²) in [5.41, 5.74) is 2.05. The average Bonchev–Trinajstić information content (AvgIpc) is 2.89. The van der Waals surface area contributed by atoms with Gasteiger partial charge in [0, 0.05) is 0 Å². The quantitative estimate of drug-likeness (QED) is 0.473. The summed E-state index contributed by atoms with van der Waals surface area (Å²) in [7, 11) is 0. The first-order chi connectivity index (χ1) is 12.1. The number of benzene rings is 2. The van der Waals surface area contributed by atoms with E-state index in [4.69, 9.17) is 21.7 Å². The van der Waals surface area contributed by atoms with Gasteiger partial charge in [-0.1, -0.05) is 48.2 Å². The third kappa shape index (κ3) is 5.08. The molecule has 1 fully saturated rings. The molecule has 1 aliphatic heterocycles. The minimum Gasteiger partial charge on any atom is -0.490 e. The van der Waals surface area contributed by atoms with Crippen molar-refractivity contribution in [3.05, 3.63) is 64.6 Å². The molecule has 128 valence electrons. The Hall–Kier alpha value is -2.31. The number of thiocarbonyl (C=S) groups is 1. The molecule has 2 aromatic rings. The molecule has 3 rings (SSSR count). The molecule has 1 heterocycles. The first kappa shape index (κ1) is 17.5. The lowest BCUT2D eigenvalue weighted by Crippen LogP contribution is -2.17. The van der Waals surface area contributed by atoms with Crippen molar-refractivity contribution in [2.24, 2.45) is 0 Å². The van der Waals surface area contributed by atoms with Crippen molar-refractivity contribution in [1.82, 2.24) is 5.32 Å². The second-order valence-electron chi connectivity index (χ2n) is 5.44. The molecule has 0 saturated carbocycles. The van der Waals surface area contributed by atoms with Crippen molar-refractivity contribution >= 4 is 40.3 Å². The Morgan fingerprint density at radius 3 is 2.40 bits per heavy atom. The van der Waals surface area contributed by atoms with E-state index < -0.39 is 0 Å². The first-order valence-corrected chi connectivity index (χ1v) is 9.00. The monoisotopic (exact) mass is 371 g/mol. The molecule has 1 amide bonds. The number of nitrogens with one attached hydrogen (secondary N) is 1. The van der Waals surface area contributed by atoms with E-state index in [1.807, 2.05) is 55.5 Å². The van der Waals surface area contributed by atoms with E-state index in [1.54, 1.807) is 6.08 Å². The predicted molar refractivity (Wildman–Crippen MR) is 105 cm³/mol. The molecular formula is C19H17NO3S2. The lowest BCUT2D eigenvalue weighted by Gasteiger charge is -2.09. The fraction of sp³-hybridized carbons (Fsp3) is 0.158. The van der Waals surface area contributed by atoms with E-state index >= 15 is 0 Å². The van der Waals surface area contributed by atoms with Crippen molar-refractivity contribution in [3.8, 4) is 11.5 Å². The maximum Gasteiger partial charge on any atom is 0.263 e. The van der Waals surface area contributed by atoms with Crippen LogP contribution in [0.25, 0.3) is 6.08 Å². The van der Waals surface area contributed by atoms with Crippen LogP contribution in [0.4, 0.5) is 0 Å². The largest absolute Gasteiger partial charge is 0.490 e. The number of rotatable bonds is 6. The summed E-state index contributed by atoms with van der Waals surface area (Å²) in [5, 5.41) is 2.60. The average molecular weight is 371 g/mol. The maximum atomic E-state index is 11.7. The summed E-state index contributed by atoms with van der Waals surface area (Å²) in [5.74, 6) is 1.41. The Bertz CT molecular complexity index is 833. The minimum atomic E-state index is -0.159. The Morgan fingerprint density at radius 1 is 1.08 bits per heavy atom. The topological polar surface area (TPSA) is 47.6 Å². The van der Waals surface area contributed by atoms with Crippen LogP contribution >= 0.6 is 24.0 Å². The van der Waals surface area contributed by atoms with Gasteiger partial charge in [-0.15, -0.1) is 0 Å². The van der Waals surface area contributed by atoms with Gasteiger partial charge in [0.1, 0.15) is 29.0 Å². The van der Waals surface area contributed by atoms with E-state index in [2.05, 4.69) is 5.32 Å². The molecule has 0 spiro atoms. The Morgan fingerprint density at radius 2 is 1.76 bits per heavy atom. The van der Waals surface area contributed by atoms with E-state index in [0.717, 1.165) is 22.6 Å². The lowest BCUT2D eigenvalue weighted by atomic mass is 10.2. The SMILES string of the molecule is Cc1cccc(OCCOc2cccc(/C=C3/SC(=S)NC3=O)c2)c1. The highest BCUT2D eigenvalue weighted by molar-refractivity contribution is 8.26. The highest BCUT2D eigenvalue weighted by Gasteiger charge is 2.21. The van der Waals surface area contributed by atoms with Crippen molar-refractivity contribution in [2.45, 2.75) is 6.92 Å². The number of hydrogen-bond acceptors (Lipinski definition) is 5. The van der Waals surface area contributed by atoms with Crippen LogP contribution in [-0.4, -0.2) is 23.4 Å². The number of carbonyl (C=O) groups excluding carboxylic acids is 1. The molecule has 0 aliphatic carbocycles. The number of hydrogen-bond donors (Lipinski definition) is 1. The number of amides is 1. The van der Waals surface area contributed by atoms with Crippen LogP contribution in [0, 0.1) is 6.92 Å². The van der Waals surface area contributed by atoms with Crippen LogP contribution in [-0.2, 0) is 4.79 Å². The molecule has 2 aromatic carbocycles.